The van der Waals surface area contributed by atoms with E-state index in [1.54, 1.807) is 12.1 Å². The van der Waals surface area contributed by atoms with Crippen LogP contribution in [0, 0.1) is 18.3 Å². The second-order valence-electron chi connectivity index (χ2n) is 5.62. The Balaban J connectivity index is 1.96. The van der Waals surface area contributed by atoms with Gasteiger partial charge in [0.15, 0.2) is 0 Å². The fourth-order valence-electron chi connectivity index (χ4n) is 2.07. The zero-order valence-corrected chi connectivity index (χ0v) is 10.6. The van der Waals surface area contributed by atoms with Crippen LogP contribution in [0.25, 0.3) is 0 Å². The smallest absolute Gasteiger partial charge is 0.255 e. The summed E-state index contributed by atoms with van der Waals surface area (Å²) in [5, 5.41) is 12.6. The molecule has 1 amide bonds. The lowest BCUT2D eigenvalue weighted by atomic mass is 10.1. The largest absolute Gasteiger partial charge is 0.507 e. The lowest BCUT2D eigenvalue weighted by Gasteiger charge is -2.08. The fraction of sp³-hybridized carbons (Fsp3) is 0.500. The van der Waals surface area contributed by atoms with Crippen LogP contribution in [-0.2, 0) is 0 Å². The lowest BCUT2D eigenvalue weighted by molar-refractivity contribution is 0.0948. The molecule has 0 spiro atoms. The topological polar surface area (TPSA) is 49.3 Å². The van der Waals surface area contributed by atoms with Gasteiger partial charge in [0.1, 0.15) is 5.75 Å². The van der Waals surface area contributed by atoms with Gasteiger partial charge in [-0.1, -0.05) is 19.9 Å². The average Bonchev–Trinajstić information content (AvgIpc) is 2.83. The van der Waals surface area contributed by atoms with Gasteiger partial charge < -0.3 is 10.4 Å². The zero-order chi connectivity index (χ0) is 12.6. The first-order valence-corrected chi connectivity index (χ1v) is 5.98. The van der Waals surface area contributed by atoms with Crippen LogP contribution in [0.1, 0.15) is 36.2 Å². The summed E-state index contributed by atoms with van der Waals surface area (Å²) in [5.41, 5.74) is 1.67. The number of phenolic OH excluding ortho intramolecular Hbond substituents is 1. The first kappa shape index (κ1) is 12.0. The van der Waals surface area contributed by atoms with Crippen molar-refractivity contribution in [3.8, 4) is 5.75 Å². The van der Waals surface area contributed by atoms with Gasteiger partial charge in [-0.15, -0.1) is 0 Å². The van der Waals surface area contributed by atoms with Crippen molar-refractivity contribution >= 4 is 5.91 Å². The molecule has 1 saturated carbocycles. The fourth-order valence-corrected chi connectivity index (χ4v) is 2.07. The third-order valence-electron chi connectivity index (χ3n) is 3.62. The second kappa shape index (κ2) is 4.06. The number of carbonyl (C=O) groups is 1. The Morgan fingerprint density at radius 3 is 2.71 bits per heavy atom. The number of nitrogens with one attached hydrogen (secondary N) is 1. The van der Waals surface area contributed by atoms with E-state index in [0.717, 1.165) is 12.0 Å². The highest BCUT2D eigenvalue weighted by atomic mass is 16.3. The Hall–Kier alpha value is -1.51. The van der Waals surface area contributed by atoms with Gasteiger partial charge in [-0.25, -0.2) is 0 Å². The van der Waals surface area contributed by atoms with E-state index in [9.17, 15) is 9.90 Å². The van der Waals surface area contributed by atoms with Crippen molar-refractivity contribution in [2.75, 3.05) is 6.54 Å². The van der Waals surface area contributed by atoms with E-state index < -0.39 is 0 Å². The van der Waals surface area contributed by atoms with E-state index in [2.05, 4.69) is 19.2 Å². The van der Waals surface area contributed by atoms with Crippen LogP contribution in [-0.4, -0.2) is 17.6 Å². The first-order valence-electron chi connectivity index (χ1n) is 5.98. The molecule has 0 aromatic heterocycles. The highest BCUT2D eigenvalue weighted by molar-refractivity contribution is 5.96. The van der Waals surface area contributed by atoms with E-state index in [1.165, 1.54) is 0 Å². The Labute approximate surface area is 102 Å². The molecule has 2 N–H and O–H groups in total. The molecule has 1 unspecified atom stereocenters. The summed E-state index contributed by atoms with van der Waals surface area (Å²) < 4.78 is 0. The van der Waals surface area contributed by atoms with Gasteiger partial charge in [0.2, 0.25) is 0 Å². The molecule has 3 heteroatoms. The molecule has 1 aromatic rings. The molecule has 1 atom stereocenters. The third-order valence-corrected chi connectivity index (χ3v) is 3.62. The molecule has 1 fully saturated rings. The lowest BCUT2D eigenvalue weighted by Crippen LogP contribution is -2.26. The molecule has 17 heavy (non-hydrogen) atoms. The van der Waals surface area contributed by atoms with Crippen LogP contribution < -0.4 is 5.32 Å². The normalized spacial score (nSPS) is 21.0. The number of hydrogen-bond donors (Lipinski definition) is 2. The van der Waals surface area contributed by atoms with Gasteiger partial charge in [-0.2, -0.15) is 0 Å². The summed E-state index contributed by atoms with van der Waals surface area (Å²) in [6.45, 7) is 6.98. The summed E-state index contributed by atoms with van der Waals surface area (Å²) in [5.74, 6) is 0.432. The van der Waals surface area contributed by atoms with E-state index in [-0.39, 0.29) is 11.7 Å². The van der Waals surface area contributed by atoms with Crippen LogP contribution in [0.4, 0.5) is 0 Å². The maximum atomic E-state index is 11.8. The van der Waals surface area contributed by atoms with Crippen LogP contribution in [0.2, 0.25) is 0 Å². The predicted molar refractivity (Wildman–Crippen MR) is 67.1 cm³/mol. The molecule has 0 radical (unpaired) electrons. The number of benzene rings is 1. The number of aromatic hydroxyl groups is 1. The van der Waals surface area contributed by atoms with E-state index in [4.69, 9.17) is 0 Å². The van der Waals surface area contributed by atoms with Crippen LogP contribution >= 0.6 is 0 Å². The van der Waals surface area contributed by atoms with Crippen molar-refractivity contribution in [1.29, 1.82) is 0 Å². The summed E-state index contributed by atoms with van der Waals surface area (Å²) in [4.78, 5) is 11.8. The highest BCUT2D eigenvalue weighted by Gasteiger charge is 2.45. The van der Waals surface area contributed by atoms with Crippen LogP contribution in [0.15, 0.2) is 18.2 Å². The maximum absolute atomic E-state index is 11.8. The molecule has 2 rings (SSSR count). The van der Waals surface area contributed by atoms with Crippen LogP contribution in [0.3, 0.4) is 0 Å². The molecule has 0 heterocycles. The van der Waals surface area contributed by atoms with Crippen molar-refractivity contribution in [2.24, 2.45) is 11.3 Å². The molecule has 1 aliphatic carbocycles. The van der Waals surface area contributed by atoms with Crippen molar-refractivity contribution < 1.29 is 9.90 Å². The van der Waals surface area contributed by atoms with Gasteiger partial charge in [0, 0.05) is 6.54 Å². The van der Waals surface area contributed by atoms with Crippen molar-refractivity contribution in [2.45, 2.75) is 27.2 Å². The SMILES string of the molecule is Cc1ccc(C(=O)NCC2CC2(C)C)c(O)c1. The molecular weight excluding hydrogens is 214 g/mol. The first-order chi connectivity index (χ1) is 7.90. The minimum Gasteiger partial charge on any atom is -0.507 e. The van der Waals surface area contributed by atoms with Gasteiger partial charge in [-0.05, 0) is 42.4 Å². The predicted octanol–water partition coefficient (Wildman–Crippen LogP) is 2.48. The molecule has 0 saturated heterocycles. The van der Waals surface area contributed by atoms with E-state index in [1.807, 2.05) is 13.0 Å². The van der Waals surface area contributed by atoms with Crippen molar-refractivity contribution in [3.63, 3.8) is 0 Å². The number of carbonyl (C=O) groups excluding carboxylic acids is 1. The summed E-state index contributed by atoms with van der Waals surface area (Å²) in [7, 11) is 0. The van der Waals surface area contributed by atoms with Gasteiger partial charge in [-0.3, -0.25) is 4.79 Å². The Kier molecular flexibility index (Phi) is 2.86. The standard InChI is InChI=1S/C14H19NO2/c1-9-4-5-11(12(16)6-9)13(17)15-8-10-7-14(10,2)3/h4-6,10,16H,7-8H2,1-3H3,(H,15,17). The minimum atomic E-state index is -0.190. The van der Waals surface area contributed by atoms with Crippen molar-refractivity contribution in [1.82, 2.24) is 5.32 Å². The molecule has 92 valence electrons. The van der Waals surface area contributed by atoms with Crippen LogP contribution in [0.5, 0.6) is 5.75 Å². The summed E-state index contributed by atoms with van der Waals surface area (Å²) >= 11 is 0. The monoisotopic (exact) mass is 233 g/mol. The number of rotatable bonds is 3. The van der Waals surface area contributed by atoms with Gasteiger partial charge in [0.05, 0.1) is 5.56 Å². The molecule has 0 aliphatic heterocycles. The Morgan fingerprint density at radius 1 is 1.53 bits per heavy atom. The van der Waals surface area contributed by atoms with Crippen molar-refractivity contribution in [3.05, 3.63) is 29.3 Å². The number of amides is 1. The third kappa shape index (κ3) is 2.60. The number of phenols is 1. The Bertz CT molecular complexity index is 452. The van der Waals surface area contributed by atoms with Gasteiger partial charge >= 0.3 is 0 Å². The molecule has 3 nitrogen and oxygen atoms in total. The van der Waals surface area contributed by atoms with E-state index in [0.29, 0.717) is 23.4 Å². The van der Waals surface area contributed by atoms with Gasteiger partial charge in [0.25, 0.3) is 5.91 Å². The highest BCUT2D eigenvalue weighted by Crippen LogP contribution is 2.50. The van der Waals surface area contributed by atoms with E-state index >= 15 is 0 Å². The molecule has 1 aliphatic rings. The quantitative estimate of drug-likeness (QED) is 0.842. The molecular formula is C14H19NO2. The Morgan fingerprint density at radius 2 is 2.18 bits per heavy atom. The maximum Gasteiger partial charge on any atom is 0.255 e. The average molecular weight is 233 g/mol. The summed E-state index contributed by atoms with van der Waals surface area (Å²) in [6.07, 6.45) is 1.16. The zero-order valence-electron chi connectivity index (χ0n) is 10.6. The number of aryl methyl sites for hydroxylation is 1. The second-order valence-corrected chi connectivity index (χ2v) is 5.62. The minimum absolute atomic E-state index is 0.0533. The molecule has 1 aromatic carbocycles. The summed E-state index contributed by atoms with van der Waals surface area (Å²) in [6, 6.07) is 5.10. The number of hydrogen-bond acceptors (Lipinski definition) is 2. The molecule has 0 bridgehead atoms.